The van der Waals surface area contributed by atoms with E-state index >= 15 is 0 Å². The van der Waals surface area contributed by atoms with E-state index in [1.165, 1.54) is 0 Å². The number of anilines is 1. The molecule has 0 saturated carbocycles. The largest absolute Gasteiger partial charge is 0.438 e. The van der Waals surface area contributed by atoms with E-state index in [0.717, 1.165) is 5.56 Å². The maximum absolute atomic E-state index is 5.91. The van der Waals surface area contributed by atoms with Crippen molar-refractivity contribution in [3.05, 3.63) is 77.3 Å². The SMILES string of the molecule is C[C@@H](NC(=S)Nc1ccc(Oc2ccccc2)nn1)c1ccc(Cl)cc1. The number of ether oxygens (including phenoxy) is 1. The topological polar surface area (TPSA) is 59.1 Å². The van der Waals surface area contributed by atoms with Gasteiger partial charge < -0.3 is 15.4 Å². The molecule has 1 heterocycles. The van der Waals surface area contributed by atoms with Crippen LogP contribution in [0, 0.1) is 0 Å². The van der Waals surface area contributed by atoms with Crippen molar-refractivity contribution in [2.24, 2.45) is 0 Å². The summed E-state index contributed by atoms with van der Waals surface area (Å²) in [5, 5.41) is 15.5. The van der Waals surface area contributed by atoms with Gasteiger partial charge in [-0.15, -0.1) is 10.2 Å². The quantitative estimate of drug-likeness (QED) is 0.605. The molecule has 3 rings (SSSR count). The lowest BCUT2D eigenvalue weighted by Gasteiger charge is -2.17. The van der Waals surface area contributed by atoms with Crippen LogP contribution in [0.2, 0.25) is 5.02 Å². The smallest absolute Gasteiger partial charge is 0.238 e. The number of nitrogens with zero attached hydrogens (tertiary/aromatic N) is 2. The summed E-state index contributed by atoms with van der Waals surface area (Å²) in [7, 11) is 0. The van der Waals surface area contributed by atoms with Gasteiger partial charge in [-0.3, -0.25) is 0 Å². The van der Waals surface area contributed by atoms with Gasteiger partial charge in [0.25, 0.3) is 0 Å². The van der Waals surface area contributed by atoms with Crippen molar-refractivity contribution in [3.8, 4) is 11.6 Å². The van der Waals surface area contributed by atoms with Gasteiger partial charge in [0.05, 0.1) is 6.04 Å². The Labute approximate surface area is 162 Å². The molecule has 0 aliphatic carbocycles. The molecular formula is C19H17ClN4OS. The van der Waals surface area contributed by atoms with Crippen molar-refractivity contribution in [1.82, 2.24) is 15.5 Å². The molecule has 7 heteroatoms. The van der Waals surface area contributed by atoms with Crippen LogP contribution in [0.5, 0.6) is 11.6 Å². The van der Waals surface area contributed by atoms with Crippen LogP contribution in [0.4, 0.5) is 5.82 Å². The van der Waals surface area contributed by atoms with Gasteiger partial charge in [0, 0.05) is 11.1 Å². The van der Waals surface area contributed by atoms with Crippen molar-refractivity contribution in [1.29, 1.82) is 0 Å². The van der Waals surface area contributed by atoms with Crippen molar-refractivity contribution in [2.45, 2.75) is 13.0 Å². The zero-order valence-electron chi connectivity index (χ0n) is 14.0. The molecule has 3 aromatic rings. The van der Waals surface area contributed by atoms with Crippen molar-refractivity contribution < 1.29 is 4.74 Å². The van der Waals surface area contributed by atoms with Crippen LogP contribution in [0.3, 0.4) is 0 Å². The highest BCUT2D eigenvalue weighted by Gasteiger charge is 2.08. The van der Waals surface area contributed by atoms with Gasteiger partial charge in [-0.1, -0.05) is 41.9 Å². The molecule has 5 nitrogen and oxygen atoms in total. The first kappa shape index (κ1) is 18.1. The molecule has 2 N–H and O–H groups in total. The summed E-state index contributed by atoms with van der Waals surface area (Å²) in [4.78, 5) is 0. The monoisotopic (exact) mass is 384 g/mol. The van der Waals surface area contributed by atoms with Crippen molar-refractivity contribution in [2.75, 3.05) is 5.32 Å². The van der Waals surface area contributed by atoms with E-state index in [4.69, 9.17) is 28.6 Å². The highest BCUT2D eigenvalue weighted by Crippen LogP contribution is 2.19. The Morgan fingerprint density at radius 2 is 1.73 bits per heavy atom. The molecule has 0 saturated heterocycles. The second-order valence-corrected chi connectivity index (χ2v) is 6.39. The van der Waals surface area contributed by atoms with Gasteiger partial charge in [-0.2, -0.15) is 0 Å². The minimum atomic E-state index is 0.0286. The van der Waals surface area contributed by atoms with E-state index in [1.54, 1.807) is 12.1 Å². The molecule has 1 aromatic heterocycles. The van der Waals surface area contributed by atoms with E-state index < -0.39 is 0 Å². The fraction of sp³-hybridized carbons (Fsp3) is 0.105. The third-order valence-corrected chi connectivity index (χ3v) is 4.04. The number of benzene rings is 2. The molecule has 0 amide bonds. The number of halogens is 1. The second-order valence-electron chi connectivity index (χ2n) is 5.54. The molecule has 2 aromatic carbocycles. The average Bonchev–Trinajstić information content (AvgIpc) is 2.64. The number of hydrogen-bond acceptors (Lipinski definition) is 4. The summed E-state index contributed by atoms with van der Waals surface area (Å²) in [6.07, 6.45) is 0. The first-order chi connectivity index (χ1) is 12.6. The summed E-state index contributed by atoms with van der Waals surface area (Å²) < 4.78 is 5.61. The predicted octanol–water partition coefficient (Wildman–Crippen LogP) is 4.97. The summed E-state index contributed by atoms with van der Waals surface area (Å²) in [6, 6.07) is 20.5. The number of rotatable bonds is 5. The second kappa shape index (κ2) is 8.60. The van der Waals surface area contributed by atoms with Crippen LogP contribution in [-0.4, -0.2) is 15.3 Å². The molecule has 0 spiro atoms. The molecule has 26 heavy (non-hydrogen) atoms. The van der Waals surface area contributed by atoms with Gasteiger partial charge >= 0.3 is 0 Å². The maximum Gasteiger partial charge on any atom is 0.238 e. The number of nitrogens with one attached hydrogen (secondary N) is 2. The molecule has 0 aliphatic rings. The van der Waals surface area contributed by atoms with E-state index in [0.29, 0.717) is 27.6 Å². The number of aromatic nitrogens is 2. The fourth-order valence-corrected chi connectivity index (χ4v) is 2.64. The molecule has 132 valence electrons. The normalized spacial score (nSPS) is 11.5. The standard InChI is InChI=1S/C19H17ClN4OS/c1-13(14-7-9-15(20)10-8-14)21-19(26)22-17-11-12-18(24-23-17)25-16-5-3-2-4-6-16/h2-13H,1H3,(H2,21,22,23,26)/t13-/m1/s1. The molecule has 0 fully saturated rings. The molecule has 0 aliphatic heterocycles. The third-order valence-electron chi connectivity index (χ3n) is 3.56. The number of hydrogen-bond donors (Lipinski definition) is 2. The minimum Gasteiger partial charge on any atom is -0.438 e. The number of thiocarbonyl (C=S) groups is 1. The van der Waals surface area contributed by atoms with Gasteiger partial charge in [-0.25, -0.2) is 0 Å². The molecular weight excluding hydrogens is 368 g/mol. The van der Waals surface area contributed by atoms with Crippen LogP contribution < -0.4 is 15.4 Å². The van der Waals surface area contributed by atoms with Crippen molar-refractivity contribution >= 4 is 34.7 Å². The zero-order chi connectivity index (χ0) is 18.4. The van der Waals surface area contributed by atoms with Crippen LogP contribution in [0.25, 0.3) is 0 Å². The summed E-state index contributed by atoms with van der Waals surface area (Å²) in [5.74, 6) is 1.65. The Morgan fingerprint density at radius 1 is 1.00 bits per heavy atom. The van der Waals surface area contributed by atoms with E-state index in [1.807, 2.05) is 61.5 Å². The van der Waals surface area contributed by atoms with Crippen LogP contribution in [0.15, 0.2) is 66.7 Å². The van der Waals surface area contributed by atoms with E-state index in [2.05, 4.69) is 20.8 Å². The van der Waals surface area contributed by atoms with Gasteiger partial charge in [0.1, 0.15) is 5.75 Å². The fourth-order valence-electron chi connectivity index (χ4n) is 2.23. The van der Waals surface area contributed by atoms with Crippen LogP contribution in [-0.2, 0) is 0 Å². The first-order valence-electron chi connectivity index (χ1n) is 8.00. The maximum atomic E-state index is 5.91. The molecule has 0 bridgehead atoms. The minimum absolute atomic E-state index is 0.0286. The summed E-state index contributed by atoms with van der Waals surface area (Å²) in [6.45, 7) is 2.01. The lowest BCUT2D eigenvalue weighted by molar-refractivity contribution is 0.455. The third kappa shape index (κ3) is 5.15. The number of para-hydroxylation sites is 1. The van der Waals surface area contributed by atoms with E-state index in [9.17, 15) is 0 Å². The first-order valence-corrected chi connectivity index (χ1v) is 8.78. The molecule has 0 unspecified atom stereocenters. The van der Waals surface area contributed by atoms with Crippen LogP contribution >= 0.6 is 23.8 Å². The summed E-state index contributed by atoms with van der Waals surface area (Å²) >= 11 is 11.2. The highest BCUT2D eigenvalue weighted by atomic mass is 35.5. The average molecular weight is 385 g/mol. The Morgan fingerprint density at radius 3 is 2.38 bits per heavy atom. The molecule has 1 atom stereocenters. The molecule has 0 radical (unpaired) electrons. The predicted molar refractivity (Wildman–Crippen MR) is 108 cm³/mol. The summed E-state index contributed by atoms with van der Waals surface area (Å²) in [5.41, 5.74) is 1.08. The Hall–Kier alpha value is -2.70. The lowest BCUT2D eigenvalue weighted by atomic mass is 10.1. The van der Waals surface area contributed by atoms with Gasteiger partial charge in [-0.05, 0) is 55.0 Å². The Kier molecular flexibility index (Phi) is 5.99. The Balaban J connectivity index is 1.55. The van der Waals surface area contributed by atoms with Gasteiger partial charge in [0.15, 0.2) is 10.9 Å². The van der Waals surface area contributed by atoms with E-state index in [-0.39, 0.29) is 6.04 Å². The lowest BCUT2D eigenvalue weighted by Crippen LogP contribution is -2.31. The Bertz CT molecular complexity index is 857. The highest BCUT2D eigenvalue weighted by molar-refractivity contribution is 7.80. The van der Waals surface area contributed by atoms with Crippen LogP contribution in [0.1, 0.15) is 18.5 Å². The zero-order valence-corrected chi connectivity index (χ0v) is 15.6. The van der Waals surface area contributed by atoms with Gasteiger partial charge in [0.2, 0.25) is 5.88 Å². The van der Waals surface area contributed by atoms with Crippen molar-refractivity contribution in [3.63, 3.8) is 0 Å².